The van der Waals surface area contributed by atoms with E-state index in [-0.39, 0.29) is 31.1 Å². The van der Waals surface area contributed by atoms with Crippen molar-refractivity contribution < 1.29 is 28.6 Å². The summed E-state index contributed by atoms with van der Waals surface area (Å²) in [6.45, 7) is 6.49. The Morgan fingerprint density at radius 3 is 0.821 bits per heavy atom. The van der Waals surface area contributed by atoms with E-state index in [0.29, 0.717) is 19.3 Å². The van der Waals surface area contributed by atoms with Crippen LogP contribution in [0.5, 0.6) is 0 Å². The first-order chi connectivity index (χ1) is 38.5. The van der Waals surface area contributed by atoms with E-state index >= 15 is 0 Å². The van der Waals surface area contributed by atoms with Crippen LogP contribution in [0.15, 0.2) is 109 Å². The zero-order valence-corrected chi connectivity index (χ0v) is 51.2. The highest BCUT2D eigenvalue weighted by Crippen LogP contribution is 2.17. The lowest BCUT2D eigenvalue weighted by atomic mass is 10.0. The van der Waals surface area contributed by atoms with Gasteiger partial charge in [-0.2, -0.15) is 0 Å². The van der Waals surface area contributed by atoms with Gasteiger partial charge in [0.15, 0.2) is 6.10 Å². The number of esters is 3. The first kappa shape index (κ1) is 74.1. The summed E-state index contributed by atoms with van der Waals surface area (Å²) >= 11 is 0. The van der Waals surface area contributed by atoms with E-state index in [1.54, 1.807) is 0 Å². The Kier molecular flexibility index (Phi) is 62.3. The number of rotatable bonds is 59. The van der Waals surface area contributed by atoms with E-state index in [0.717, 1.165) is 148 Å². The molecule has 0 aromatic rings. The average Bonchev–Trinajstić information content (AvgIpc) is 3.44. The molecule has 1 unspecified atom stereocenters. The van der Waals surface area contributed by atoms with Gasteiger partial charge in [0.05, 0.1) is 0 Å². The Balaban J connectivity index is 4.38. The summed E-state index contributed by atoms with van der Waals surface area (Å²) in [5.74, 6) is -0.911. The maximum absolute atomic E-state index is 12.9. The summed E-state index contributed by atoms with van der Waals surface area (Å²) in [5, 5.41) is 0. The molecule has 0 fully saturated rings. The summed E-state index contributed by atoms with van der Waals surface area (Å²) in [4.78, 5) is 38.3. The molecule has 0 radical (unpaired) electrons. The van der Waals surface area contributed by atoms with Crippen LogP contribution in [-0.4, -0.2) is 37.2 Å². The summed E-state index contributed by atoms with van der Waals surface area (Å²) in [7, 11) is 0. The largest absolute Gasteiger partial charge is 0.462 e. The molecule has 0 aliphatic heterocycles. The fourth-order valence-electron chi connectivity index (χ4n) is 9.09. The fraction of sp³-hybridized carbons (Fsp3) is 0.708. The maximum atomic E-state index is 12.9. The highest BCUT2D eigenvalue weighted by atomic mass is 16.6. The van der Waals surface area contributed by atoms with Gasteiger partial charge in [-0.1, -0.05) is 297 Å². The molecule has 6 nitrogen and oxygen atoms in total. The third-order valence-corrected chi connectivity index (χ3v) is 14.0. The average molecular weight is 1080 g/mol. The summed E-state index contributed by atoms with van der Waals surface area (Å²) in [5.41, 5.74) is 0. The number of ether oxygens (including phenoxy) is 3. The standard InChI is InChI=1S/C72H122O6/c1-4-7-10-13-16-19-22-25-28-30-32-33-34-35-36-37-38-39-41-42-44-47-50-53-56-59-62-65-71(74)77-68-69(67-76-70(73)64-61-58-55-52-49-46-27-24-21-18-15-12-9-6-3)78-72(75)66-63-60-57-54-51-48-45-43-40-31-29-26-23-20-17-14-11-8-5-2/h7,10,15-16,18-19,24-25,27-28,32-33,35-36,38-39,42,44,69H,4-6,8-9,11-14,17,20-23,26,29-31,34,37,40-41,43,45-68H2,1-3H3/b10-7-,18-15-,19-16-,27-24-,28-25-,33-32-,36-35-,39-38-,44-42-. The van der Waals surface area contributed by atoms with Gasteiger partial charge in [0.25, 0.3) is 0 Å². The highest BCUT2D eigenvalue weighted by molar-refractivity contribution is 5.71. The molecular weight excluding hydrogens is 961 g/mol. The first-order valence-corrected chi connectivity index (χ1v) is 32.9. The molecule has 0 rings (SSSR count). The second-order valence-electron chi connectivity index (χ2n) is 21.6. The monoisotopic (exact) mass is 1080 g/mol. The lowest BCUT2D eigenvalue weighted by Crippen LogP contribution is -2.30. The Morgan fingerprint density at radius 1 is 0.269 bits per heavy atom. The summed E-state index contributed by atoms with van der Waals surface area (Å²) < 4.78 is 16.9. The summed E-state index contributed by atoms with van der Waals surface area (Å²) in [6, 6.07) is 0. The van der Waals surface area contributed by atoms with E-state index in [9.17, 15) is 14.4 Å². The van der Waals surface area contributed by atoms with Crippen LogP contribution < -0.4 is 0 Å². The van der Waals surface area contributed by atoms with Gasteiger partial charge in [-0.05, 0) is 103 Å². The molecule has 0 bridgehead atoms. The minimum Gasteiger partial charge on any atom is -0.462 e. The van der Waals surface area contributed by atoms with Crippen LogP contribution in [0.25, 0.3) is 0 Å². The fourth-order valence-corrected chi connectivity index (χ4v) is 9.09. The number of allylic oxidation sites excluding steroid dienone is 18. The normalized spacial score (nSPS) is 12.8. The minimum absolute atomic E-state index is 0.0903. The van der Waals surface area contributed by atoms with Crippen molar-refractivity contribution >= 4 is 17.9 Å². The molecule has 0 aromatic heterocycles. The van der Waals surface area contributed by atoms with Crippen molar-refractivity contribution in [2.45, 2.75) is 316 Å². The molecule has 1 atom stereocenters. The van der Waals surface area contributed by atoms with E-state index in [2.05, 4.69) is 130 Å². The van der Waals surface area contributed by atoms with Gasteiger partial charge in [-0.15, -0.1) is 0 Å². The van der Waals surface area contributed by atoms with Gasteiger partial charge < -0.3 is 14.2 Å². The van der Waals surface area contributed by atoms with Crippen LogP contribution in [0.3, 0.4) is 0 Å². The maximum Gasteiger partial charge on any atom is 0.306 e. The summed E-state index contributed by atoms with van der Waals surface area (Å²) in [6.07, 6.45) is 89.5. The second kappa shape index (κ2) is 65.6. The molecule has 446 valence electrons. The molecule has 0 saturated carbocycles. The van der Waals surface area contributed by atoms with Crippen molar-refractivity contribution in [3.63, 3.8) is 0 Å². The van der Waals surface area contributed by atoms with E-state index in [1.807, 2.05) is 0 Å². The van der Waals surface area contributed by atoms with Crippen molar-refractivity contribution in [1.82, 2.24) is 0 Å². The van der Waals surface area contributed by atoms with Crippen LogP contribution in [0, 0.1) is 0 Å². The quantitative estimate of drug-likeness (QED) is 0.0261. The number of hydrogen-bond acceptors (Lipinski definition) is 6. The smallest absolute Gasteiger partial charge is 0.306 e. The Hall–Kier alpha value is -3.93. The van der Waals surface area contributed by atoms with Gasteiger partial charge in [-0.3, -0.25) is 14.4 Å². The van der Waals surface area contributed by atoms with Crippen LogP contribution >= 0.6 is 0 Å². The predicted molar refractivity (Wildman–Crippen MR) is 339 cm³/mol. The van der Waals surface area contributed by atoms with Gasteiger partial charge in [0, 0.05) is 19.3 Å². The van der Waals surface area contributed by atoms with Crippen LogP contribution in [0.4, 0.5) is 0 Å². The predicted octanol–water partition coefficient (Wildman–Crippen LogP) is 22.6. The zero-order chi connectivity index (χ0) is 56.4. The Labute approximate surface area is 482 Å². The third kappa shape index (κ3) is 62.9. The van der Waals surface area contributed by atoms with Crippen molar-refractivity contribution in [2.24, 2.45) is 0 Å². The van der Waals surface area contributed by atoms with E-state index in [1.165, 1.54) is 122 Å². The minimum atomic E-state index is -0.793. The molecule has 0 amide bonds. The highest BCUT2D eigenvalue weighted by Gasteiger charge is 2.19. The number of hydrogen-bond donors (Lipinski definition) is 0. The van der Waals surface area contributed by atoms with Crippen LogP contribution in [-0.2, 0) is 28.6 Å². The molecular formula is C72H122O6. The van der Waals surface area contributed by atoms with Gasteiger partial charge in [0.1, 0.15) is 13.2 Å². The van der Waals surface area contributed by atoms with Crippen molar-refractivity contribution in [2.75, 3.05) is 13.2 Å². The second-order valence-corrected chi connectivity index (χ2v) is 21.6. The van der Waals surface area contributed by atoms with E-state index < -0.39 is 6.10 Å². The molecule has 78 heavy (non-hydrogen) atoms. The lowest BCUT2D eigenvalue weighted by Gasteiger charge is -2.18. The Morgan fingerprint density at radius 2 is 0.513 bits per heavy atom. The molecule has 0 aliphatic rings. The molecule has 0 saturated heterocycles. The van der Waals surface area contributed by atoms with Crippen molar-refractivity contribution in [3.05, 3.63) is 109 Å². The Bertz CT molecular complexity index is 1570. The zero-order valence-electron chi connectivity index (χ0n) is 51.2. The lowest BCUT2D eigenvalue weighted by molar-refractivity contribution is -0.167. The molecule has 0 spiro atoms. The first-order valence-electron chi connectivity index (χ1n) is 32.9. The molecule has 0 N–H and O–H groups in total. The number of carbonyl (C=O) groups excluding carboxylic acids is 3. The van der Waals surface area contributed by atoms with Crippen molar-refractivity contribution in [3.8, 4) is 0 Å². The van der Waals surface area contributed by atoms with Gasteiger partial charge in [-0.25, -0.2) is 0 Å². The number of carbonyl (C=O) groups is 3. The van der Waals surface area contributed by atoms with Crippen LogP contribution in [0.1, 0.15) is 310 Å². The molecule has 6 heteroatoms. The van der Waals surface area contributed by atoms with Crippen LogP contribution in [0.2, 0.25) is 0 Å². The van der Waals surface area contributed by atoms with Crippen molar-refractivity contribution in [1.29, 1.82) is 0 Å². The third-order valence-electron chi connectivity index (χ3n) is 14.0. The van der Waals surface area contributed by atoms with Gasteiger partial charge >= 0.3 is 17.9 Å². The molecule has 0 aromatic carbocycles. The van der Waals surface area contributed by atoms with E-state index in [4.69, 9.17) is 14.2 Å². The SMILES string of the molecule is CC/C=C\C/C=C\C/C=C\C/C=C\C/C=C\C/C=C\C/C=C\CCCCCCCC(=O)OCC(COC(=O)CCCCCCC/C=C\C/C=C\CCCC)OC(=O)CCCCCCCCCCCCCCCCCCCCC. The van der Waals surface area contributed by atoms with Gasteiger partial charge in [0.2, 0.25) is 0 Å². The molecule has 0 heterocycles. The number of unbranched alkanes of at least 4 members (excludes halogenated alkanes) is 30. The molecule has 0 aliphatic carbocycles. The topological polar surface area (TPSA) is 78.9 Å².